The maximum absolute atomic E-state index is 12.2. The van der Waals surface area contributed by atoms with Gasteiger partial charge in [-0.2, -0.15) is 0 Å². The molecule has 0 fully saturated rings. The summed E-state index contributed by atoms with van der Waals surface area (Å²) in [5.41, 5.74) is 1.69. The average Bonchev–Trinajstić information content (AvgIpc) is 2.58. The Kier molecular flexibility index (Phi) is 2.82. The third-order valence-electron chi connectivity index (χ3n) is 2.25. The molecule has 0 spiro atoms. The van der Waals surface area contributed by atoms with Crippen LogP contribution in [0.25, 0.3) is 0 Å². The van der Waals surface area contributed by atoms with E-state index in [1.165, 1.54) is 4.68 Å². The van der Waals surface area contributed by atoms with E-state index in [1.54, 1.807) is 32.3 Å². The van der Waals surface area contributed by atoms with Crippen LogP contribution >= 0.6 is 15.9 Å². The summed E-state index contributed by atoms with van der Waals surface area (Å²) in [7, 11) is 1.68. The van der Waals surface area contributed by atoms with Gasteiger partial charge in [-0.15, -0.1) is 5.10 Å². The lowest BCUT2D eigenvalue weighted by atomic mass is 10.1. The van der Waals surface area contributed by atoms with Crippen molar-refractivity contribution in [1.82, 2.24) is 20.0 Å². The number of hydrogen-bond acceptors (Lipinski definition) is 4. The first-order valence-corrected chi connectivity index (χ1v) is 5.42. The molecule has 0 saturated heterocycles. The Bertz CT molecular complexity index is 530. The number of aromatic nitrogens is 4. The van der Waals surface area contributed by atoms with Gasteiger partial charge in [0.25, 0.3) is 0 Å². The highest BCUT2D eigenvalue weighted by Crippen LogP contribution is 2.17. The quantitative estimate of drug-likeness (QED) is 0.783. The van der Waals surface area contributed by atoms with Crippen LogP contribution in [0.3, 0.4) is 0 Å². The number of hydrogen-bond donors (Lipinski definition) is 0. The Morgan fingerprint density at radius 1 is 1.50 bits per heavy atom. The number of rotatable bonds is 2. The SMILES string of the molecule is Cc1ncccc1C(=O)c1c(Br)nnn1C. The van der Waals surface area contributed by atoms with Crippen LogP contribution in [0.2, 0.25) is 0 Å². The molecule has 0 aromatic carbocycles. The molecule has 2 aromatic heterocycles. The summed E-state index contributed by atoms with van der Waals surface area (Å²) in [5.74, 6) is -0.134. The molecule has 0 saturated carbocycles. The maximum atomic E-state index is 12.2. The molecule has 0 radical (unpaired) electrons. The number of carbonyl (C=O) groups excluding carboxylic acids is 1. The highest BCUT2D eigenvalue weighted by Gasteiger charge is 2.20. The minimum Gasteiger partial charge on any atom is -0.287 e. The number of halogens is 1. The van der Waals surface area contributed by atoms with E-state index >= 15 is 0 Å². The molecule has 2 heterocycles. The van der Waals surface area contributed by atoms with Crippen molar-refractivity contribution < 1.29 is 4.79 Å². The van der Waals surface area contributed by atoms with Crippen LogP contribution in [0, 0.1) is 6.92 Å². The Hall–Kier alpha value is -1.56. The molecule has 5 nitrogen and oxygen atoms in total. The van der Waals surface area contributed by atoms with Crippen LogP contribution in [0.1, 0.15) is 21.7 Å². The molecule has 82 valence electrons. The van der Waals surface area contributed by atoms with Gasteiger partial charge in [-0.1, -0.05) is 5.21 Å². The predicted octanol–water partition coefficient (Wildman–Crippen LogP) is 1.51. The van der Waals surface area contributed by atoms with Crippen molar-refractivity contribution in [3.63, 3.8) is 0 Å². The molecular formula is C10H9BrN4O. The van der Waals surface area contributed by atoms with Gasteiger partial charge in [0.2, 0.25) is 5.78 Å². The van der Waals surface area contributed by atoms with Gasteiger partial charge in [-0.3, -0.25) is 9.78 Å². The molecule has 6 heteroatoms. The van der Waals surface area contributed by atoms with E-state index in [1.807, 2.05) is 0 Å². The smallest absolute Gasteiger partial charge is 0.215 e. The van der Waals surface area contributed by atoms with Crippen molar-refractivity contribution in [3.8, 4) is 0 Å². The molecule has 2 rings (SSSR count). The van der Waals surface area contributed by atoms with E-state index in [2.05, 4.69) is 31.2 Å². The topological polar surface area (TPSA) is 60.7 Å². The van der Waals surface area contributed by atoms with Crippen molar-refractivity contribution in [2.45, 2.75) is 6.92 Å². The largest absolute Gasteiger partial charge is 0.287 e. The van der Waals surface area contributed by atoms with E-state index in [-0.39, 0.29) is 5.78 Å². The summed E-state index contributed by atoms with van der Waals surface area (Å²) in [6, 6.07) is 3.47. The van der Waals surface area contributed by atoms with E-state index in [9.17, 15) is 4.79 Å². The minimum atomic E-state index is -0.134. The van der Waals surface area contributed by atoms with Crippen LogP contribution in [0.5, 0.6) is 0 Å². The fraction of sp³-hybridized carbons (Fsp3) is 0.200. The van der Waals surface area contributed by atoms with Gasteiger partial charge in [0, 0.05) is 24.5 Å². The second kappa shape index (κ2) is 4.13. The molecule has 0 amide bonds. The summed E-state index contributed by atoms with van der Waals surface area (Å²) in [6.45, 7) is 1.80. The van der Waals surface area contributed by atoms with Crippen molar-refractivity contribution in [3.05, 3.63) is 39.9 Å². The normalized spacial score (nSPS) is 10.4. The number of ketones is 1. The number of carbonyl (C=O) groups is 1. The molecule has 0 aliphatic rings. The Morgan fingerprint density at radius 3 is 2.81 bits per heavy atom. The zero-order valence-corrected chi connectivity index (χ0v) is 10.4. The summed E-state index contributed by atoms with van der Waals surface area (Å²) in [5, 5.41) is 7.55. The molecule has 16 heavy (non-hydrogen) atoms. The van der Waals surface area contributed by atoms with Crippen molar-refractivity contribution >= 4 is 21.7 Å². The second-order valence-corrected chi connectivity index (χ2v) is 4.07. The van der Waals surface area contributed by atoms with E-state index < -0.39 is 0 Å². The van der Waals surface area contributed by atoms with Crippen LogP contribution in [-0.2, 0) is 7.05 Å². The molecule has 0 unspecified atom stereocenters. The first kappa shape index (κ1) is 10.9. The highest BCUT2D eigenvalue weighted by atomic mass is 79.9. The van der Waals surface area contributed by atoms with Gasteiger partial charge >= 0.3 is 0 Å². The van der Waals surface area contributed by atoms with Gasteiger partial charge < -0.3 is 0 Å². The van der Waals surface area contributed by atoms with Gasteiger partial charge in [0.05, 0.1) is 0 Å². The van der Waals surface area contributed by atoms with Crippen LogP contribution < -0.4 is 0 Å². The predicted molar refractivity (Wildman–Crippen MR) is 61.1 cm³/mol. The first-order valence-electron chi connectivity index (χ1n) is 4.62. The van der Waals surface area contributed by atoms with E-state index in [4.69, 9.17) is 0 Å². The summed E-state index contributed by atoms with van der Waals surface area (Å²) >= 11 is 3.20. The van der Waals surface area contributed by atoms with Crippen molar-refractivity contribution in [2.24, 2.45) is 7.05 Å². The van der Waals surface area contributed by atoms with Crippen molar-refractivity contribution in [2.75, 3.05) is 0 Å². The minimum absolute atomic E-state index is 0.134. The summed E-state index contributed by atoms with van der Waals surface area (Å²) < 4.78 is 1.89. The lowest BCUT2D eigenvalue weighted by molar-refractivity contribution is 0.102. The van der Waals surface area contributed by atoms with Crippen molar-refractivity contribution in [1.29, 1.82) is 0 Å². The highest BCUT2D eigenvalue weighted by molar-refractivity contribution is 9.10. The zero-order chi connectivity index (χ0) is 11.7. The zero-order valence-electron chi connectivity index (χ0n) is 8.81. The lowest BCUT2D eigenvalue weighted by Crippen LogP contribution is -2.10. The first-order chi connectivity index (χ1) is 7.61. The fourth-order valence-corrected chi connectivity index (χ4v) is 1.93. The van der Waals surface area contributed by atoms with Gasteiger partial charge in [-0.05, 0) is 35.0 Å². The Labute approximate surface area is 101 Å². The summed E-state index contributed by atoms with van der Waals surface area (Å²) in [6.07, 6.45) is 1.66. The number of aryl methyl sites for hydroxylation is 2. The third kappa shape index (κ3) is 1.76. The molecule has 0 aliphatic heterocycles. The molecular weight excluding hydrogens is 272 g/mol. The Morgan fingerprint density at radius 2 is 2.25 bits per heavy atom. The van der Waals surface area contributed by atoms with Gasteiger partial charge in [-0.25, -0.2) is 4.68 Å². The monoisotopic (exact) mass is 280 g/mol. The lowest BCUT2D eigenvalue weighted by Gasteiger charge is -2.03. The Balaban J connectivity index is 2.52. The molecule has 0 aliphatic carbocycles. The molecule has 0 bridgehead atoms. The van der Waals surface area contributed by atoms with E-state index in [0.29, 0.717) is 21.6 Å². The molecule has 0 atom stereocenters. The number of pyridine rings is 1. The fourth-order valence-electron chi connectivity index (χ4n) is 1.42. The maximum Gasteiger partial charge on any atom is 0.215 e. The third-order valence-corrected chi connectivity index (χ3v) is 2.79. The van der Waals surface area contributed by atoms with E-state index in [0.717, 1.165) is 0 Å². The number of nitrogens with zero attached hydrogens (tertiary/aromatic N) is 4. The second-order valence-electron chi connectivity index (χ2n) is 3.32. The van der Waals surface area contributed by atoms with Crippen LogP contribution in [0.15, 0.2) is 22.9 Å². The van der Waals surface area contributed by atoms with Gasteiger partial charge in [0.1, 0.15) is 5.69 Å². The van der Waals surface area contributed by atoms with Gasteiger partial charge in [0.15, 0.2) is 4.60 Å². The van der Waals surface area contributed by atoms with Crippen LogP contribution in [0.4, 0.5) is 0 Å². The molecule has 2 aromatic rings. The average molecular weight is 281 g/mol. The summed E-state index contributed by atoms with van der Waals surface area (Å²) in [4.78, 5) is 16.3. The standard InChI is InChI=1S/C10H9BrN4O/c1-6-7(4-3-5-12-6)9(16)8-10(11)13-14-15(8)2/h3-5H,1-2H3. The molecule has 0 N–H and O–H groups in total. The van der Waals surface area contributed by atoms with Crippen LogP contribution in [-0.4, -0.2) is 25.8 Å².